The minimum absolute atomic E-state index is 0.0826. The Morgan fingerprint density at radius 1 is 1.00 bits per heavy atom. The molecule has 3 N–H and O–H groups in total. The molecule has 0 aliphatic heterocycles. The summed E-state index contributed by atoms with van der Waals surface area (Å²) in [6, 6.07) is -0.475. The molecule has 0 spiro atoms. The smallest absolute Gasteiger partial charge is 0.323 e. The summed E-state index contributed by atoms with van der Waals surface area (Å²) in [6.07, 6.45) is 0.644. The van der Waals surface area contributed by atoms with E-state index in [1.165, 1.54) is 9.80 Å². The van der Waals surface area contributed by atoms with Crippen molar-refractivity contribution in [1.29, 1.82) is 0 Å². The number of nitrogens with zero attached hydrogens (tertiary/aromatic N) is 2. The molecule has 0 rings (SSSR count). The van der Waals surface area contributed by atoms with Crippen LogP contribution in [0.25, 0.3) is 0 Å². The van der Waals surface area contributed by atoms with Crippen LogP contribution in [0, 0.1) is 0 Å². The molecule has 0 aliphatic carbocycles. The van der Waals surface area contributed by atoms with Gasteiger partial charge < -0.3 is 25.1 Å². The van der Waals surface area contributed by atoms with Crippen molar-refractivity contribution in [3.8, 4) is 0 Å². The van der Waals surface area contributed by atoms with Crippen molar-refractivity contribution in [3.05, 3.63) is 0 Å². The molecule has 0 bridgehead atoms. The van der Waals surface area contributed by atoms with Gasteiger partial charge in [-0.2, -0.15) is 0 Å². The summed E-state index contributed by atoms with van der Waals surface area (Å²) in [7, 11) is 0. The zero-order chi connectivity index (χ0) is 13.3. The van der Waals surface area contributed by atoms with Gasteiger partial charge in [-0.05, 0) is 6.42 Å². The number of aliphatic hydroxyl groups is 2. The van der Waals surface area contributed by atoms with Crippen molar-refractivity contribution < 1.29 is 24.9 Å². The van der Waals surface area contributed by atoms with E-state index >= 15 is 0 Å². The van der Waals surface area contributed by atoms with E-state index in [1.54, 1.807) is 0 Å². The lowest BCUT2D eigenvalue weighted by atomic mass is 10.4. The third-order valence-electron chi connectivity index (χ3n) is 2.10. The summed E-state index contributed by atoms with van der Waals surface area (Å²) in [5.74, 6) is -1.08. The molecule has 0 heterocycles. The highest BCUT2D eigenvalue weighted by Crippen LogP contribution is 2.00. The largest absolute Gasteiger partial charge is 0.480 e. The minimum atomic E-state index is -1.08. The maximum Gasteiger partial charge on any atom is 0.323 e. The molecule has 0 saturated carbocycles. The average molecular weight is 248 g/mol. The van der Waals surface area contributed by atoms with Crippen molar-refractivity contribution in [2.45, 2.75) is 13.3 Å². The van der Waals surface area contributed by atoms with Gasteiger partial charge in [0.05, 0.1) is 13.2 Å². The number of rotatable bonds is 8. The van der Waals surface area contributed by atoms with Crippen LogP contribution in [0.3, 0.4) is 0 Å². The SMILES string of the molecule is CCCN(CC(=O)O)C(=O)N(CCO)CCO. The summed E-state index contributed by atoms with van der Waals surface area (Å²) >= 11 is 0. The molecule has 7 nitrogen and oxygen atoms in total. The predicted molar refractivity (Wildman–Crippen MR) is 60.6 cm³/mol. The first kappa shape index (κ1) is 15.7. The van der Waals surface area contributed by atoms with Crippen molar-refractivity contribution >= 4 is 12.0 Å². The summed E-state index contributed by atoms with van der Waals surface area (Å²) in [4.78, 5) is 25.0. The number of carboxylic acid groups (broad SMARTS) is 1. The maximum atomic E-state index is 11.9. The van der Waals surface area contributed by atoms with Gasteiger partial charge in [0, 0.05) is 19.6 Å². The van der Waals surface area contributed by atoms with E-state index in [0.29, 0.717) is 13.0 Å². The molecule has 2 amide bonds. The van der Waals surface area contributed by atoms with Gasteiger partial charge in [0.25, 0.3) is 0 Å². The Morgan fingerprint density at radius 3 is 1.88 bits per heavy atom. The summed E-state index contributed by atoms with van der Waals surface area (Å²) < 4.78 is 0. The van der Waals surface area contributed by atoms with Gasteiger partial charge >= 0.3 is 12.0 Å². The highest BCUT2D eigenvalue weighted by Gasteiger charge is 2.21. The van der Waals surface area contributed by atoms with Crippen molar-refractivity contribution in [3.63, 3.8) is 0 Å². The van der Waals surface area contributed by atoms with Crippen LogP contribution in [0.1, 0.15) is 13.3 Å². The van der Waals surface area contributed by atoms with E-state index in [2.05, 4.69) is 0 Å². The van der Waals surface area contributed by atoms with Gasteiger partial charge in [-0.1, -0.05) is 6.92 Å². The first-order chi connectivity index (χ1) is 8.06. The molecule has 17 heavy (non-hydrogen) atoms. The van der Waals surface area contributed by atoms with E-state index in [-0.39, 0.29) is 32.8 Å². The third-order valence-corrected chi connectivity index (χ3v) is 2.10. The summed E-state index contributed by atoms with van der Waals surface area (Å²) in [5.41, 5.74) is 0. The topological polar surface area (TPSA) is 101 Å². The van der Waals surface area contributed by atoms with Crippen LogP contribution in [0.15, 0.2) is 0 Å². The molecular formula is C10H20N2O5. The van der Waals surface area contributed by atoms with Gasteiger partial charge in [-0.25, -0.2) is 4.79 Å². The number of hydrogen-bond acceptors (Lipinski definition) is 4. The Balaban J connectivity index is 4.57. The molecule has 0 atom stereocenters. The molecule has 0 aromatic carbocycles. The zero-order valence-corrected chi connectivity index (χ0v) is 10.0. The molecule has 0 radical (unpaired) electrons. The highest BCUT2D eigenvalue weighted by molar-refractivity contribution is 5.80. The Morgan fingerprint density at radius 2 is 1.53 bits per heavy atom. The number of amides is 2. The van der Waals surface area contributed by atoms with E-state index in [0.717, 1.165) is 0 Å². The van der Waals surface area contributed by atoms with Crippen LogP contribution in [0.2, 0.25) is 0 Å². The molecule has 100 valence electrons. The van der Waals surface area contributed by atoms with E-state index in [9.17, 15) is 9.59 Å². The van der Waals surface area contributed by atoms with Crippen LogP contribution in [-0.4, -0.2) is 76.5 Å². The van der Waals surface area contributed by atoms with Crippen molar-refractivity contribution in [1.82, 2.24) is 9.80 Å². The van der Waals surface area contributed by atoms with Crippen molar-refractivity contribution in [2.75, 3.05) is 39.4 Å². The van der Waals surface area contributed by atoms with Crippen LogP contribution in [0.5, 0.6) is 0 Å². The molecular weight excluding hydrogens is 228 g/mol. The van der Waals surface area contributed by atoms with Crippen molar-refractivity contribution in [2.24, 2.45) is 0 Å². The molecule has 0 saturated heterocycles. The van der Waals surface area contributed by atoms with Gasteiger partial charge in [-0.15, -0.1) is 0 Å². The Hall–Kier alpha value is -1.34. The predicted octanol–water partition coefficient (Wildman–Crippen LogP) is -0.810. The summed E-state index contributed by atoms with van der Waals surface area (Å²) in [5, 5.41) is 26.3. The zero-order valence-electron chi connectivity index (χ0n) is 10.0. The number of carbonyl (C=O) groups is 2. The fraction of sp³-hybridized carbons (Fsp3) is 0.800. The Labute approximate surface area is 100 Å². The Kier molecular flexibility index (Phi) is 8.08. The van der Waals surface area contributed by atoms with Crippen LogP contribution in [-0.2, 0) is 4.79 Å². The molecule has 0 aromatic rings. The summed E-state index contributed by atoms with van der Waals surface area (Å²) in [6.45, 7) is 1.51. The second kappa shape index (κ2) is 8.77. The lowest BCUT2D eigenvalue weighted by molar-refractivity contribution is -0.137. The second-order valence-corrected chi connectivity index (χ2v) is 3.53. The minimum Gasteiger partial charge on any atom is -0.480 e. The first-order valence-corrected chi connectivity index (χ1v) is 5.54. The van der Waals surface area contributed by atoms with Crippen LogP contribution >= 0.6 is 0 Å². The number of carbonyl (C=O) groups excluding carboxylic acids is 1. The molecule has 0 aliphatic rings. The lowest BCUT2D eigenvalue weighted by Crippen LogP contribution is -2.47. The number of urea groups is 1. The maximum absolute atomic E-state index is 11.9. The third kappa shape index (κ3) is 6.08. The van der Waals surface area contributed by atoms with Gasteiger partial charge in [0.15, 0.2) is 0 Å². The fourth-order valence-electron chi connectivity index (χ4n) is 1.42. The standard InChI is InChI=1S/C10H20N2O5/c1-2-3-12(8-9(15)16)10(17)11(4-6-13)5-7-14/h13-14H,2-8H2,1H3,(H,15,16). The Bertz CT molecular complexity index is 241. The molecule has 0 aromatic heterocycles. The first-order valence-electron chi connectivity index (χ1n) is 5.54. The van der Waals surface area contributed by atoms with Gasteiger partial charge in [0.2, 0.25) is 0 Å². The van der Waals surface area contributed by atoms with Crippen LogP contribution < -0.4 is 0 Å². The molecule has 7 heteroatoms. The van der Waals surface area contributed by atoms with E-state index < -0.39 is 12.0 Å². The lowest BCUT2D eigenvalue weighted by Gasteiger charge is -2.28. The van der Waals surface area contributed by atoms with Crippen LogP contribution in [0.4, 0.5) is 4.79 Å². The molecule has 0 unspecified atom stereocenters. The number of carboxylic acids is 1. The monoisotopic (exact) mass is 248 g/mol. The quantitative estimate of drug-likeness (QED) is 0.521. The van der Waals surface area contributed by atoms with E-state index in [4.69, 9.17) is 15.3 Å². The number of aliphatic hydroxyl groups excluding tert-OH is 2. The fourth-order valence-corrected chi connectivity index (χ4v) is 1.42. The number of hydrogen-bond donors (Lipinski definition) is 3. The molecule has 0 fully saturated rings. The highest BCUT2D eigenvalue weighted by atomic mass is 16.4. The number of aliphatic carboxylic acids is 1. The van der Waals surface area contributed by atoms with E-state index in [1.807, 2.05) is 6.92 Å². The second-order valence-electron chi connectivity index (χ2n) is 3.53. The van der Waals surface area contributed by atoms with Gasteiger partial charge in [-0.3, -0.25) is 4.79 Å². The average Bonchev–Trinajstić information content (AvgIpc) is 2.27. The van der Waals surface area contributed by atoms with Gasteiger partial charge in [0.1, 0.15) is 6.54 Å². The normalized spacial score (nSPS) is 10.1.